The predicted molar refractivity (Wildman–Crippen MR) is 83.0 cm³/mol. The summed E-state index contributed by atoms with van der Waals surface area (Å²) >= 11 is 0. The van der Waals surface area contributed by atoms with Gasteiger partial charge in [-0.15, -0.1) is 0 Å². The minimum atomic E-state index is -0.560. The van der Waals surface area contributed by atoms with Gasteiger partial charge in [0.05, 0.1) is 7.11 Å². The first-order chi connectivity index (χ1) is 10.7. The van der Waals surface area contributed by atoms with Crippen LogP contribution in [0.25, 0.3) is 11.0 Å². The van der Waals surface area contributed by atoms with Crippen LogP contribution in [0.3, 0.4) is 0 Å². The number of hydrogen-bond donors (Lipinski definition) is 1. The summed E-state index contributed by atoms with van der Waals surface area (Å²) in [7, 11) is 1.60. The van der Waals surface area contributed by atoms with Gasteiger partial charge >= 0.3 is 6.09 Å². The molecule has 1 N–H and O–H groups in total. The first-order valence-electron chi connectivity index (χ1n) is 6.80. The van der Waals surface area contributed by atoms with Gasteiger partial charge in [-0.3, -0.25) is 5.32 Å². The number of rotatable bonds is 4. The van der Waals surface area contributed by atoms with Gasteiger partial charge in [0.1, 0.15) is 17.9 Å². The summed E-state index contributed by atoms with van der Waals surface area (Å²) in [5.41, 5.74) is 1.59. The highest BCUT2D eigenvalue weighted by Gasteiger charge is 2.09. The Morgan fingerprint density at radius 2 is 1.95 bits per heavy atom. The molecular formula is C17H15NO4. The van der Waals surface area contributed by atoms with E-state index in [0.29, 0.717) is 11.5 Å². The number of methoxy groups -OCH3 is 1. The van der Waals surface area contributed by atoms with Crippen molar-refractivity contribution in [2.45, 2.75) is 6.61 Å². The molecule has 0 radical (unpaired) electrons. The highest BCUT2D eigenvalue weighted by Crippen LogP contribution is 2.26. The normalized spacial score (nSPS) is 10.4. The van der Waals surface area contributed by atoms with Crippen LogP contribution in [-0.2, 0) is 11.3 Å². The fourth-order valence-corrected chi connectivity index (χ4v) is 2.07. The van der Waals surface area contributed by atoms with Gasteiger partial charge in [-0.1, -0.05) is 30.3 Å². The van der Waals surface area contributed by atoms with Crippen LogP contribution in [0.1, 0.15) is 5.56 Å². The third-order valence-electron chi connectivity index (χ3n) is 3.16. The summed E-state index contributed by atoms with van der Waals surface area (Å²) in [5, 5.41) is 3.42. The first-order valence-corrected chi connectivity index (χ1v) is 6.80. The molecule has 0 bridgehead atoms. The van der Waals surface area contributed by atoms with Crippen molar-refractivity contribution in [1.82, 2.24) is 0 Å². The zero-order valence-corrected chi connectivity index (χ0v) is 12.0. The van der Waals surface area contributed by atoms with Gasteiger partial charge in [-0.25, -0.2) is 4.79 Å². The van der Waals surface area contributed by atoms with Gasteiger partial charge in [0.25, 0.3) is 0 Å². The van der Waals surface area contributed by atoms with E-state index in [1.807, 2.05) is 36.4 Å². The summed E-state index contributed by atoms with van der Waals surface area (Å²) in [6.07, 6.45) is -0.560. The van der Waals surface area contributed by atoms with E-state index in [9.17, 15) is 4.79 Å². The lowest BCUT2D eigenvalue weighted by Crippen LogP contribution is -2.12. The quantitative estimate of drug-likeness (QED) is 0.784. The Bertz CT molecular complexity index is 780. The Balaban J connectivity index is 1.63. The van der Waals surface area contributed by atoms with E-state index in [-0.39, 0.29) is 6.61 Å². The van der Waals surface area contributed by atoms with Gasteiger partial charge in [-0.2, -0.15) is 0 Å². The molecule has 0 unspecified atom stereocenters. The summed E-state index contributed by atoms with van der Waals surface area (Å²) in [5.74, 6) is 1.06. The number of fused-ring (bicyclic) bond motifs is 1. The minimum absolute atomic E-state index is 0.209. The van der Waals surface area contributed by atoms with Crippen LogP contribution in [0.15, 0.2) is 59.0 Å². The van der Waals surface area contributed by atoms with Crippen LogP contribution in [0, 0.1) is 0 Å². The number of carbonyl (C=O) groups excluding carboxylic acids is 1. The smallest absolute Gasteiger partial charge is 0.414 e. The van der Waals surface area contributed by atoms with Crippen molar-refractivity contribution in [3.63, 3.8) is 0 Å². The molecule has 0 saturated carbocycles. The number of nitrogens with one attached hydrogen (secondary N) is 1. The van der Waals surface area contributed by atoms with Crippen molar-refractivity contribution in [3.05, 3.63) is 60.2 Å². The number of ether oxygens (including phenoxy) is 2. The summed E-state index contributed by atoms with van der Waals surface area (Å²) in [6, 6.07) is 16.6. The molecule has 0 spiro atoms. The lowest BCUT2D eigenvalue weighted by atomic mass is 10.2. The van der Waals surface area contributed by atoms with Crippen LogP contribution in [0.4, 0.5) is 10.7 Å². The number of carbonyl (C=O) groups is 1. The molecule has 22 heavy (non-hydrogen) atoms. The molecule has 0 aliphatic carbocycles. The Morgan fingerprint density at radius 3 is 2.73 bits per heavy atom. The Hall–Kier alpha value is -2.95. The number of furan rings is 1. The molecule has 1 aromatic heterocycles. The molecule has 2 aromatic carbocycles. The van der Waals surface area contributed by atoms with Gasteiger partial charge in [0.2, 0.25) is 5.88 Å². The Labute approximate surface area is 127 Å². The average Bonchev–Trinajstić information content (AvgIpc) is 2.95. The molecule has 3 rings (SSSR count). The van der Waals surface area contributed by atoms with Crippen molar-refractivity contribution < 1.29 is 18.7 Å². The molecule has 0 aliphatic rings. The number of benzene rings is 2. The second kappa shape index (κ2) is 6.22. The van der Waals surface area contributed by atoms with E-state index in [4.69, 9.17) is 13.9 Å². The molecule has 0 fully saturated rings. The van der Waals surface area contributed by atoms with Crippen LogP contribution in [-0.4, -0.2) is 13.2 Å². The zero-order valence-electron chi connectivity index (χ0n) is 12.0. The van der Waals surface area contributed by atoms with Crippen molar-refractivity contribution in [2.24, 2.45) is 0 Å². The molecule has 0 atom stereocenters. The van der Waals surface area contributed by atoms with Crippen LogP contribution >= 0.6 is 0 Å². The minimum Gasteiger partial charge on any atom is -0.497 e. The van der Waals surface area contributed by atoms with E-state index in [2.05, 4.69) is 5.32 Å². The molecule has 3 aromatic rings. The van der Waals surface area contributed by atoms with E-state index in [0.717, 1.165) is 16.7 Å². The average molecular weight is 297 g/mol. The predicted octanol–water partition coefficient (Wildman–Crippen LogP) is 4.19. The monoisotopic (exact) mass is 297 g/mol. The lowest BCUT2D eigenvalue weighted by Gasteiger charge is -2.04. The number of amides is 1. The van der Waals surface area contributed by atoms with E-state index < -0.39 is 6.09 Å². The van der Waals surface area contributed by atoms with Crippen LogP contribution in [0.2, 0.25) is 0 Å². The highest BCUT2D eigenvalue weighted by atomic mass is 16.5. The number of anilines is 1. The van der Waals surface area contributed by atoms with E-state index in [1.165, 1.54) is 0 Å². The molecule has 1 heterocycles. The van der Waals surface area contributed by atoms with Gasteiger partial charge in [0.15, 0.2) is 0 Å². The second-order valence-electron chi connectivity index (χ2n) is 4.70. The van der Waals surface area contributed by atoms with Crippen molar-refractivity contribution in [3.8, 4) is 5.75 Å². The molecular weight excluding hydrogens is 282 g/mol. The lowest BCUT2D eigenvalue weighted by molar-refractivity contribution is 0.154. The van der Waals surface area contributed by atoms with Crippen LogP contribution in [0.5, 0.6) is 5.75 Å². The fourth-order valence-electron chi connectivity index (χ4n) is 2.07. The van der Waals surface area contributed by atoms with E-state index >= 15 is 0 Å². The standard InChI is InChI=1S/C17H15NO4/c1-20-14-7-8-15-13(9-14)10-16(22-15)18-17(19)21-11-12-5-3-2-4-6-12/h2-10H,11H2,1H3,(H,18,19). The molecule has 112 valence electrons. The SMILES string of the molecule is COc1ccc2oc(NC(=O)OCc3ccccc3)cc2c1. The van der Waals surface area contributed by atoms with Gasteiger partial charge in [0, 0.05) is 11.5 Å². The van der Waals surface area contributed by atoms with Crippen molar-refractivity contribution in [2.75, 3.05) is 12.4 Å². The molecule has 0 saturated heterocycles. The summed E-state index contributed by atoms with van der Waals surface area (Å²) < 4.78 is 15.8. The van der Waals surface area contributed by atoms with Crippen molar-refractivity contribution in [1.29, 1.82) is 0 Å². The molecule has 5 nitrogen and oxygen atoms in total. The largest absolute Gasteiger partial charge is 0.497 e. The third-order valence-corrected chi connectivity index (χ3v) is 3.16. The summed E-state index contributed by atoms with van der Waals surface area (Å²) in [6.45, 7) is 0.209. The topological polar surface area (TPSA) is 60.7 Å². The molecule has 1 amide bonds. The van der Waals surface area contributed by atoms with Gasteiger partial charge < -0.3 is 13.9 Å². The Morgan fingerprint density at radius 1 is 1.14 bits per heavy atom. The van der Waals surface area contributed by atoms with Crippen molar-refractivity contribution >= 4 is 22.9 Å². The molecule has 0 aliphatic heterocycles. The number of hydrogen-bond acceptors (Lipinski definition) is 4. The first kappa shape index (κ1) is 14.0. The maximum Gasteiger partial charge on any atom is 0.414 e. The van der Waals surface area contributed by atoms with E-state index in [1.54, 1.807) is 25.3 Å². The third kappa shape index (κ3) is 3.20. The highest BCUT2D eigenvalue weighted by molar-refractivity contribution is 5.88. The maximum absolute atomic E-state index is 11.8. The van der Waals surface area contributed by atoms with Gasteiger partial charge in [-0.05, 0) is 23.8 Å². The molecule has 5 heteroatoms. The maximum atomic E-state index is 11.8. The fraction of sp³-hybridized carbons (Fsp3) is 0.118. The zero-order chi connectivity index (χ0) is 15.4. The second-order valence-corrected chi connectivity index (χ2v) is 4.70. The van der Waals surface area contributed by atoms with Crippen LogP contribution < -0.4 is 10.1 Å². The summed E-state index contributed by atoms with van der Waals surface area (Å²) in [4.78, 5) is 11.8. The Kier molecular flexibility index (Phi) is 3.96.